The molecule has 0 unspecified atom stereocenters. The lowest BCUT2D eigenvalue weighted by Gasteiger charge is -2.07. The first-order valence-corrected chi connectivity index (χ1v) is 5.92. The van der Waals surface area contributed by atoms with E-state index in [-0.39, 0.29) is 17.9 Å². The summed E-state index contributed by atoms with van der Waals surface area (Å²) in [5.74, 6) is -1.20. The van der Waals surface area contributed by atoms with Crippen LogP contribution in [0.1, 0.15) is 29.6 Å². The van der Waals surface area contributed by atoms with Crippen LogP contribution in [0, 0.1) is 10.1 Å². The van der Waals surface area contributed by atoms with E-state index in [0.717, 1.165) is 18.9 Å². The summed E-state index contributed by atoms with van der Waals surface area (Å²) in [6, 6.07) is 3.76. The van der Waals surface area contributed by atoms with Gasteiger partial charge in [0, 0.05) is 19.2 Å². The summed E-state index contributed by atoms with van der Waals surface area (Å²) in [5.41, 5.74) is -0.0569. The van der Waals surface area contributed by atoms with E-state index in [9.17, 15) is 14.9 Å². The molecule has 1 aromatic carbocycles. The quantitative estimate of drug-likeness (QED) is 0.377. The molecule has 0 aliphatic carbocycles. The van der Waals surface area contributed by atoms with Crippen molar-refractivity contribution >= 4 is 17.3 Å². The predicted molar refractivity (Wildman–Crippen MR) is 69.5 cm³/mol. The van der Waals surface area contributed by atoms with Gasteiger partial charge in [0.25, 0.3) is 5.69 Å². The minimum Gasteiger partial charge on any atom is -0.478 e. The van der Waals surface area contributed by atoms with Crippen LogP contribution in [0.2, 0.25) is 0 Å². The molecule has 104 valence electrons. The highest BCUT2D eigenvalue weighted by atomic mass is 16.6. The van der Waals surface area contributed by atoms with Crippen molar-refractivity contribution in [3.8, 4) is 0 Å². The molecule has 3 N–H and O–H groups in total. The topological polar surface area (TPSA) is 113 Å². The van der Waals surface area contributed by atoms with Crippen molar-refractivity contribution in [1.29, 1.82) is 0 Å². The number of rotatable bonds is 8. The summed E-state index contributed by atoms with van der Waals surface area (Å²) in [6.45, 7) is 0.667. The first kappa shape index (κ1) is 14.9. The minimum atomic E-state index is -1.20. The minimum absolute atomic E-state index is 0.113. The van der Waals surface area contributed by atoms with Gasteiger partial charge in [-0.2, -0.15) is 0 Å². The normalized spacial score (nSPS) is 10.2. The van der Waals surface area contributed by atoms with Crippen LogP contribution in [0.25, 0.3) is 0 Å². The number of nitro groups is 1. The third-order valence-electron chi connectivity index (χ3n) is 2.59. The zero-order chi connectivity index (χ0) is 14.3. The average Bonchev–Trinajstić information content (AvgIpc) is 2.38. The van der Waals surface area contributed by atoms with Gasteiger partial charge < -0.3 is 15.5 Å². The highest BCUT2D eigenvalue weighted by Gasteiger charge is 2.16. The predicted octanol–water partition coefficient (Wildman–Crippen LogP) is 1.87. The standard InChI is InChI=1S/C12H16N2O5/c15-7-3-1-2-6-13-10-5-4-9(12(16)17)8-11(10)14(18)19/h4-5,8,13,15H,1-3,6-7H2,(H,16,17). The van der Waals surface area contributed by atoms with E-state index in [2.05, 4.69) is 5.32 Å². The molecule has 0 saturated carbocycles. The average molecular weight is 268 g/mol. The van der Waals surface area contributed by atoms with Gasteiger partial charge in [0.1, 0.15) is 5.69 Å². The molecule has 0 fully saturated rings. The smallest absolute Gasteiger partial charge is 0.335 e. The van der Waals surface area contributed by atoms with Crippen LogP contribution in [0.15, 0.2) is 18.2 Å². The molecule has 7 heteroatoms. The lowest BCUT2D eigenvalue weighted by molar-refractivity contribution is -0.384. The zero-order valence-electron chi connectivity index (χ0n) is 10.3. The van der Waals surface area contributed by atoms with Crippen LogP contribution < -0.4 is 5.32 Å². The molecule has 0 aromatic heterocycles. The Labute approximate surface area is 110 Å². The zero-order valence-corrected chi connectivity index (χ0v) is 10.3. The molecule has 1 aromatic rings. The fourth-order valence-corrected chi connectivity index (χ4v) is 1.60. The van der Waals surface area contributed by atoms with Crippen LogP contribution in [-0.4, -0.2) is 34.3 Å². The Bertz CT molecular complexity index is 461. The number of aliphatic hydroxyl groups is 1. The molecule has 1 rings (SSSR count). The maximum absolute atomic E-state index is 10.9. The number of nitrogens with one attached hydrogen (secondary N) is 1. The van der Waals surface area contributed by atoms with E-state index in [1.165, 1.54) is 12.1 Å². The van der Waals surface area contributed by atoms with Gasteiger partial charge in [0.2, 0.25) is 0 Å². The molecule has 0 bridgehead atoms. The number of benzene rings is 1. The summed E-state index contributed by atoms with van der Waals surface area (Å²) in [4.78, 5) is 21.0. The van der Waals surface area contributed by atoms with Gasteiger partial charge in [-0.15, -0.1) is 0 Å². The maximum Gasteiger partial charge on any atom is 0.335 e. The van der Waals surface area contributed by atoms with Crippen LogP contribution >= 0.6 is 0 Å². The maximum atomic E-state index is 10.9. The number of unbranched alkanes of at least 4 members (excludes halogenated alkanes) is 2. The summed E-state index contributed by atoms with van der Waals surface area (Å²) < 4.78 is 0. The van der Waals surface area contributed by atoms with Crippen LogP contribution in [-0.2, 0) is 0 Å². The Kier molecular flexibility index (Phi) is 5.74. The molecule has 0 radical (unpaired) electrons. The van der Waals surface area contributed by atoms with Gasteiger partial charge in [-0.25, -0.2) is 4.79 Å². The molecule has 7 nitrogen and oxygen atoms in total. The Morgan fingerprint density at radius 2 is 2.05 bits per heavy atom. The van der Waals surface area contributed by atoms with E-state index in [1.54, 1.807) is 0 Å². The second kappa shape index (κ2) is 7.32. The molecule has 0 atom stereocenters. The summed E-state index contributed by atoms with van der Waals surface area (Å²) in [5, 5.41) is 31.2. The Morgan fingerprint density at radius 1 is 1.32 bits per heavy atom. The van der Waals surface area contributed by atoms with E-state index >= 15 is 0 Å². The van der Waals surface area contributed by atoms with Crippen molar-refractivity contribution in [2.45, 2.75) is 19.3 Å². The Morgan fingerprint density at radius 3 is 2.63 bits per heavy atom. The summed E-state index contributed by atoms with van der Waals surface area (Å²) in [6.07, 6.45) is 2.30. The third kappa shape index (κ3) is 4.55. The largest absolute Gasteiger partial charge is 0.478 e. The van der Waals surface area contributed by atoms with Crippen molar-refractivity contribution in [1.82, 2.24) is 0 Å². The second-order valence-electron chi connectivity index (χ2n) is 4.01. The van der Waals surface area contributed by atoms with Crippen molar-refractivity contribution < 1.29 is 19.9 Å². The van der Waals surface area contributed by atoms with Gasteiger partial charge in [0.15, 0.2) is 0 Å². The number of aliphatic hydroxyl groups excluding tert-OH is 1. The number of aromatic carboxylic acids is 1. The molecular weight excluding hydrogens is 252 g/mol. The van der Waals surface area contributed by atoms with Crippen LogP contribution in [0.4, 0.5) is 11.4 Å². The summed E-state index contributed by atoms with van der Waals surface area (Å²) in [7, 11) is 0. The van der Waals surface area contributed by atoms with Crippen molar-refractivity contribution in [3.63, 3.8) is 0 Å². The van der Waals surface area contributed by atoms with Gasteiger partial charge >= 0.3 is 5.97 Å². The molecule has 0 heterocycles. The van der Waals surface area contributed by atoms with Gasteiger partial charge in [-0.3, -0.25) is 10.1 Å². The van der Waals surface area contributed by atoms with E-state index < -0.39 is 10.9 Å². The van der Waals surface area contributed by atoms with E-state index in [0.29, 0.717) is 18.7 Å². The molecule has 0 saturated heterocycles. The highest BCUT2D eigenvalue weighted by Crippen LogP contribution is 2.25. The monoisotopic (exact) mass is 268 g/mol. The first-order valence-electron chi connectivity index (χ1n) is 5.92. The molecule has 0 aliphatic heterocycles. The summed E-state index contributed by atoms with van der Waals surface area (Å²) >= 11 is 0. The first-order chi connectivity index (χ1) is 9.06. The molecule has 0 aliphatic rings. The Balaban J connectivity index is 2.71. The number of hydrogen-bond donors (Lipinski definition) is 3. The van der Waals surface area contributed by atoms with E-state index in [4.69, 9.17) is 10.2 Å². The Hall–Kier alpha value is -2.15. The molecular formula is C12H16N2O5. The van der Waals surface area contributed by atoms with Crippen molar-refractivity contribution in [2.75, 3.05) is 18.5 Å². The SMILES string of the molecule is O=C(O)c1ccc(NCCCCCO)c([N+](=O)[O-])c1. The lowest BCUT2D eigenvalue weighted by Crippen LogP contribution is -2.06. The molecule has 0 amide bonds. The van der Waals surface area contributed by atoms with Gasteiger partial charge in [-0.05, 0) is 31.4 Å². The van der Waals surface area contributed by atoms with Crippen molar-refractivity contribution in [3.05, 3.63) is 33.9 Å². The second-order valence-corrected chi connectivity index (χ2v) is 4.01. The number of carbonyl (C=O) groups is 1. The molecule has 0 spiro atoms. The van der Waals surface area contributed by atoms with Gasteiger partial charge in [0.05, 0.1) is 10.5 Å². The lowest BCUT2D eigenvalue weighted by atomic mass is 10.1. The molecule has 19 heavy (non-hydrogen) atoms. The number of hydrogen-bond acceptors (Lipinski definition) is 5. The number of nitrogens with zero attached hydrogens (tertiary/aromatic N) is 1. The number of carboxylic acids is 1. The van der Waals surface area contributed by atoms with Crippen LogP contribution in [0.5, 0.6) is 0 Å². The van der Waals surface area contributed by atoms with Gasteiger partial charge in [-0.1, -0.05) is 0 Å². The third-order valence-corrected chi connectivity index (χ3v) is 2.59. The number of anilines is 1. The van der Waals surface area contributed by atoms with Crippen molar-refractivity contribution in [2.24, 2.45) is 0 Å². The fourth-order valence-electron chi connectivity index (χ4n) is 1.60. The fraction of sp³-hybridized carbons (Fsp3) is 0.417. The number of nitro benzene ring substituents is 1. The number of carboxylic acid groups (broad SMARTS) is 1. The van der Waals surface area contributed by atoms with Crippen LogP contribution in [0.3, 0.4) is 0 Å². The van der Waals surface area contributed by atoms with E-state index in [1.807, 2.05) is 0 Å². The highest BCUT2D eigenvalue weighted by molar-refractivity contribution is 5.89.